The number of carbonyl (C=O) groups excluding carboxylic acids is 1. The number of halogens is 1. The van der Waals surface area contributed by atoms with Crippen molar-refractivity contribution in [2.45, 2.75) is 13.2 Å². The van der Waals surface area contributed by atoms with Crippen LogP contribution in [0.2, 0.25) is 0 Å². The Kier molecular flexibility index (Phi) is 6.13. The maximum Gasteiger partial charge on any atom is 0.255 e. The molecule has 0 aliphatic rings. The van der Waals surface area contributed by atoms with Gasteiger partial charge in [0.2, 0.25) is 0 Å². The zero-order chi connectivity index (χ0) is 21.6. The summed E-state index contributed by atoms with van der Waals surface area (Å²) in [4.78, 5) is 13.0. The molecule has 1 amide bonds. The van der Waals surface area contributed by atoms with Gasteiger partial charge in [-0.25, -0.2) is 4.39 Å². The van der Waals surface area contributed by atoms with Crippen LogP contribution in [0.25, 0.3) is 10.8 Å². The van der Waals surface area contributed by atoms with Crippen molar-refractivity contribution >= 4 is 16.7 Å². The van der Waals surface area contributed by atoms with Gasteiger partial charge in [-0.3, -0.25) is 4.79 Å². The van der Waals surface area contributed by atoms with Crippen molar-refractivity contribution < 1.29 is 18.7 Å². The topological polar surface area (TPSA) is 47.6 Å². The van der Waals surface area contributed by atoms with Gasteiger partial charge in [0, 0.05) is 6.54 Å². The molecule has 5 heteroatoms. The van der Waals surface area contributed by atoms with E-state index in [4.69, 9.17) is 9.47 Å². The molecule has 31 heavy (non-hydrogen) atoms. The van der Waals surface area contributed by atoms with E-state index in [0.717, 1.165) is 16.3 Å². The lowest BCUT2D eigenvalue weighted by atomic mass is 10.0. The van der Waals surface area contributed by atoms with Crippen LogP contribution in [0.15, 0.2) is 84.9 Å². The number of benzene rings is 4. The SMILES string of the molecule is COc1ccc(COc2cc3ccccc3cc2C(=O)NCc2ccccc2)cc1F. The predicted octanol–water partition coefficient (Wildman–Crippen LogP) is 5.50. The molecule has 0 aliphatic heterocycles. The van der Waals surface area contributed by atoms with Crippen LogP contribution in [-0.4, -0.2) is 13.0 Å². The molecule has 4 aromatic rings. The maximum absolute atomic E-state index is 14.0. The highest BCUT2D eigenvalue weighted by Gasteiger charge is 2.15. The first kappa shape index (κ1) is 20.4. The molecular formula is C26H22FNO3. The van der Waals surface area contributed by atoms with Crippen LogP contribution in [0, 0.1) is 5.82 Å². The minimum atomic E-state index is -0.456. The molecule has 0 bridgehead atoms. The Hall–Kier alpha value is -3.86. The highest BCUT2D eigenvalue weighted by Crippen LogP contribution is 2.28. The fourth-order valence-corrected chi connectivity index (χ4v) is 3.35. The molecule has 0 unspecified atom stereocenters. The van der Waals surface area contributed by atoms with E-state index >= 15 is 0 Å². The molecule has 156 valence electrons. The second-order valence-electron chi connectivity index (χ2n) is 7.12. The minimum Gasteiger partial charge on any atom is -0.494 e. The van der Waals surface area contributed by atoms with Crippen LogP contribution in [0.5, 0.6) is 11.5 Å². The summed E-state index contributed by atoms with van der Waals surface area (Å²) in [6.45, 7) is 0.536. The van der Waals surface area contributed by atoms with Gasteiger partial charge < -0.3 is 14.8 Å². The zero-order valence-electron chi connectivity index (χ0n) is 17.1. The monoisotopic (exact) mass is 415 g/mol. The number of nitrogens with one attached hydrogen (secondary N) is 1. The lowest BCUT2D eigenvalue weighted by molar-refractivity contribution is 0.0946. The fourth-order valence-electron chi connectivity index (χ4n) is 3.35. The lowest BCUT2D eigenvalue weighted by Gasteiger charge is -2.14. The first-order valence-electron chi connectivity index (χ1n) is 9.94. The van der Waals surface area contributed by atoms with Crippen molar-refractivity contribution in [3.05, 3.63) is 107 Å². The Morgan fingerprint density at radius 1 is 0.839 bits per heavy atom. The summed E-state index contributed by atoms with van der Waals surface area (Å²) < 4.78 is 24.9. The highest BCUT2D eigenvalue weighted by atomic mass is 19.1. The summed E-state index contributed by atoms with van der Waals surface area (Å²) in [5, 5.41) is 4.84. The normalized spacial score (nSPS) is 10.6. The van der Waals surface area contributed by atoms with Crippen LogP contribution in [-0.2, 0) is 13.2 Å². The summed E-state index contributed by atoms with van der Waals surface area (Å²) in [6.07, 6.45) is 0. The predicted molar refractivity (Wildman–Crippen MR) is 119 cm³/mol. The fraction of sp³-hybridized carbons (Fsp3) is 0.115. The van der Waals surface area contributed by atoms with Crippen molar-refractivity contribution in [1.29, 1.82) is 0 Å². The number of amides is 1. The van der Waals surface area contributed by atoms with Crippen LogP contribution in [0.3, 0.4) is 0 Å². The van der Waals surface area contributed by atoms with Gasteiger partial charge >= 0.3 is 0 Å². The number of carbonyl (C=O) groups is 1. The number of fused-ring (bicyclic) bond motifs is 1. The van der Waals surface area contributed by atoms with Gasteiger partial charge in [-0.05, 0) is 46.2 Å². The van der Waals surface area contributed by atoms with Crippen molar-refractivity contribution in [3.8, 4) is 11.5 Å². The van der Waals surface area contributed by atoms with Crippen LogP contribution >= 0.6 is 0 Å². The first-order valence-corrected chi connectivity index (χ1v) is 9.94. The van der Waals surface area contributed by atoms with E-state index in [1.807, 2.05) is 66.7 Å². The van der Waals surface area contributed by atoms with Gasteiger partial charge in [0.1, 0.15) is 12.4 Å². The Morgan fingerprint density at radius 2 is 1.55 bits per heavy atom. The molecule has 0 saturated carbocycles. The van der Waals surface area contributed by atoms with E-state index in [1.165, 1.54) is 13.2 Å². The van der Waals surface area contributed by atoms with Gasteiger partial charge in [-0.2, -0.15) is 0 Å². The third-order valence-electron chi connectivity index (χ3n) is 5.00. The molecule has 0 atom stereocenters. The van der Waals surface area contributed by atoms with E-state index < -0.39 is 5.82 Å². The molecule has 0 fully saturated rings. The van der Waals surface area contributed by atoms with Crippen molar-refractivity contribution in [2.24, 2.45) is 0 Å². The number of methoxy groups -OCH3 is 1. The second kappa shape index (κ2) is 9.30. The summed E-state index contributed by atoms with van der Waals surface area (Å²) in [5.74, 6) is -0.0654. The van der Waals surface area contributed by atoms with Crippen molar-refractivity contribution in [1.82, 2.24) is 5.32 Å². The van der Waals surface area contributed by atoms with Gasteiger partial charge in [0.25, 0.3) is 5.91 Å². The average Bonchev–Trinajstić information content (AvgIpc) is 2.81. The standard InChI is InChI=1S/C26H22FNO3/c1-30-24-12-11-19(13-23(24)27)17-31-25-15-21-10-6-5-9-20(21)14-22(25)26(29)28-16-18-7-3-2-4-8-18/h2-15H,16-17H2,1H3,(H,28,29). The molecule has 4 aromatic carbocycles. The van der Waals surface area contributed by atoms with E-state index in [2.05, 4.69) is 5.32 Å². The summed E-state index contributed by atoms with van der Waals surface area (Å²) >= 11 is 0. The minimum absolute atomic E-state index is 0.123. The maximum atomic E-state index is 14.0. The van der Waals surface area contributed by atoms with Crippen LogP contribution < -0.4 is 14.8 Å². The number of rotatable bonds is 7. The van der Waals surface area contributed by atoms with E-state index in [-0.39, 0.29) is 18.3 Å². The third-order valence-corrected chi connectivity index (χ3v) is 5.00. The second-order valence-corrected chi connectivity index (χ2v) is 7.12. The molecule has 0 heterocycles. The largest absolute Gasteiger partial charge is 0.494 e. The van der Waals surface area contributed by atoms with E-state index in [9.17, 15) is 9.18 Å². The average molecular weight is 415 g/mol. The lowest BCUT2D eigenvalue weighted by Crippen LogP contribution is -2.23. The molecule has 0 aliphatic carbocycles. The van der Waals surface area contributed by atoms with Crippen molar-refractivity contribution in [2.75, 3.05) is 7.11 Å². The van der Waals surface area contributed by atoms with Crippen molar-refractivity contribution in [3.63, 3.8) is 0 Å². The molecule has 0 aromatic heterocycles. The molecule has 4 nitrogen and oxygen atoms in total. The Morgan fingerprint density at radius 3 is 2.26 bits per heavy atom. The summed E-state index contributed by atoms with van der Waals surface area (Å²) in [5.41, 5.74) is 2.08. The van der Waals surface area contributed by atoms with Gasteiger partial charge in [0.15, 0.2) is 11.6 Å². The third kappa shape index (κ3) is 4.83. The van der Waals surface area contributed by atoms with Gasteiger partial charge in [-0.1, -0.05) is 60.7 Å². The molecular weight excluding hydrogens is 393 g/mol. The van der Waals surface area contributed by atoms with Gasteiger partial charge in [0.05, 0.1) is 12.7 Å². The summed E-state index contributed by atoms with van der Waals surface area (Å²) in [7, 11) is 1.42. The number of hydrogen-bond donors (Lipinski definition) is 1. The molecule has 1 N–H and O–H groups in total. The quantitative estimate of drug-likeness (QED) is 0.434. The Labute approximate surface area is 180 Å². The summed E-state index contributed by atoms with van der Waals surface area (Å²) in [6, 6.07) is 25.8. The first-order chi connectivity index (χ1) is 15.1. The van der Waals surface area contributed by atoms with E-state index in [0.29, 0.717) is 23.4 Å². The highest BCUT2D eigenvalue weighted by molar-refractivity contribution is 6.01. The number of ether oxygens (including phenoxy) is 2. The Bertz CT molecular complexity index is 1210. The molecule has 0 radical (unpaired) electrons. The van der Waals surface area contributed by atoms with Crippen LogP contribution in [0.1, 0.15) is 21.5 Å². The Balaban J connectivity index is 1.58. The van der Waals surface area contributed by atoms with E-state index in [1.54, 1.807) is 12.1 Å². The van der Waals surface area contributed by atoms with Gasteiger partial charge in [-0.15, -0.1) is 0 Å². The molecule has 0 saturated heterocycles. The molecule has 0 spiro atoms. The van der Waals surface area contributed by atoms with Crippen LogP contribution in [0.4, 0.5) is 4.39 Å². The smallest absolute Gasteiger partial charge is 0.255 e. The number of hydrogen-bond acceptors (Lipinski definition) is 3. The molecule has 4 rings (SSSR count). The zero-order valence-corrected chi connectivity index (χ0v) is 17.1.